The number of ether oxygens (including phenoxy) is 1. The summed E-state index contributed by atoms with van der Waals surface area (Å²) in [4.78, 5) is 15.8. The molecule has 3 rings (SSSR count). The molecule has 1 aromatic carbocycles. The highest BCUT2D eigenvalue weighted by atomic mass is 16.5. The SMILES string of the molecule is CCCCOc1ccc(C(=O)C(CC)CN2CCCC2)c2c1CCCC2. The number of carbonyl (C=O) groups excluding carboxylic acids is 1. The van der Waals surface area contributed by atoms with E-state index in [4.69, 9.17) is 4.74 Å². The first kappa shape index (κ1) is 19.4. The fraction of sp³-hybridized carbons (Fsp3) is 0.696. The Kier molecular flexibility index (Phi) is 7.13. The van der Waals surface area contributed by atoms with Crippen molar-refractivity contribution in [2.75, 3.05) is 26.2 Å². The Balaban J connectivity index is 1.80. The summed E-state index contributed by atoms with van der Waals surface area (Å²) < 4.78 is 6.05. The van der Waals surface area contributed by atoms with E-state index in [0.717, 1.165) is 69.7 Å². The van der Waals surface area contributed by atoms with Crippen LogP contribution in [0.15, 0.2) is 12.1 Å². The number of rotatable bonds is 9. The maximum atomic E-state index is 13.3. The Labute approximate surface area is 159 Å². The van der Waals surface area contributed by atoms with Gasteiger partial charge in [0.2, 0.25) is 0 Å². The van der Waals surface area contributed by atoms with Crippen LogP contribution in [0.4, 0.5) is 0 Å². The number of likely N-dealkylation sites (tertiary alicyclic amines) is 1. The van der Waals surface area contributed by atoms with Crippen LogP contribution in [0.3, 0.4) is 0 Å². The third kappa shape index (κ3) is 4.49. The van der Waals surface area contributed by atoms with Crippen LogP contribution >= 0.6 is 0 Å². The monoisotopic (exact) mass is 357 g/mol. The Morgan fingerprint density at radius 3 is 2.50 bits per heavy atom. The van der Waals surface area contributed by atoms with Crippen LogP contribution in [-0.4, -0.2) is 36.9 Å². The van der Waals surface area contributed by atoms with Gasteiger partial charge in [-0.15, -0.1) is 0 Å². The van der Waals surface area contributed by atoms with Gasteiger partial charge >= 0.3 is 0 Å². The minimum atomic E-state index is 0.131. The van der Waals surface area contributed by atoms with Crippen LogP contribution < -0.4 is 4.74 Å². The van der Waals surface area contributed by atoms with Crippen molar-refractivity contribution in [1.29, 1.82) is 0 Å². The van der Waals surface area contributed by atoms with Crippen molar-refractivity contribution >= 4 is 5.78 Å². The van der Waals surface area contributed by atoms with Gasteiger partial charge in [-0.05, 0) is 87.7 Å². The largest absolute Gasteiger partial charge is 0.493 e. The zero-order valence-electron chi connectivity index (χ0n) is 16.7. The van der Waals surface area contributed by atoms with Crippen LogP contribution in [0.2, 0.25) is 0 Å². The number of nitrogens with zero attached hydrogens (tertiary/aromatic N) is 1. The maximum Gasteiger partial charge on any atom is 0.167 e. The van der Waals surface area contributed by atoms with Crippen molar-refractivity contribution in [2.45, 2.75) is 71.6 Å². The minimum Gasteiger partial charge on any atom is -0.493 e. The van der Waals surface area contributed by atoms with Crippen LogP contribution in [0, 0.1) is 5.92 Å². The summed E-state index contributed by atoms with van der Waals surface area (Å²) in [6.07, 6.45) is 10.2. The van der Waals surface area contributed by atoms with Crippen LogP contribution in [0.1, 0.15) is 80.3 Å². The van der Waals surface area contributed by atoms with Gasteiger partial charge < -0.3 is 9.64 Å². The van der Waals surface area contributed by atoms with Crippen LogP contribution in [-0.2, 0) is 12.8 Å². The summed E-state index contributed by atoms with van der Waals surface area (Å²) in [7, 11) is 0. The summed E-state index contributed by atoms with van der Waals surface area (Å²) in [6.45, 7) is 8.37. The molecule has 0 radical (unpaired) electrons. The zero-order valence-corrected chi connectivity index (χ0v) is 16.7. The predicted octanol–water partition coefficient (Wildman–Crippen LogP) is 5.05. The number of hydrogen-bond donors (Lipinski definition) is 0. The molecule has 0 aromatic heterocycles. The van der Waals surface area contributed by atoms with Crippen molar-refractivity contribution < 1.29 is 9.53 Å². The third-order valence-electron chi connectivity index (χ3n) is 6.05. The van der Waals surface area contributed by atoms with Crippen LogP contribution in [0.25, 0.3) is 0 Å². The second-order valence-electron chi connectivity index (χ2n) is 7.95. The maximum absolute atomic E-state index is 13.3. The second-order valence-corrected chi connectivity index (χ2v) is 7.95. The number of ketones is 1. The fourth-order valence-corrected chi connectivity index (χ4v) is 4.42. The Morgan fingerprint density at radius 2 is 1.81 bits per heavy atom. The van der Waals surface area contributed by atoms with Crippen LogP contribution in [0.5, 0.6) is 5.75 Å². The predicted molar refractivity (Wildman–Crippen MR) is 107 cm³/mol. The van der Waals surface area contributed by atoms with Crippen molar-refractivity contribution in [3.05, 3.63) is 28.8 Å². The standard InChI is InChI=1S/C23H35NO2/c1-3-5-16-26-22-13-12-21(19-10-6-7-11-20(19)22)23(25)18(4-2)17-24-14-8-9-15-24/h12-13,18H,3-11,14-17H2,1-2H3. The van der Waals surface area contributed by atoms with E-state index in [1.165, 1.54) is 36.8 Å². The van der Waals surface area contributed by atoms with E-state index in [-0.39, 0.29) is 5.92 Å². The van der Waals surface area contributed by atoms with Gasteiger partial charge in [-0.1, -0.05) is 20.3 Å². The van der Waals surface area contributed by atoms with E-state index < -0.39 is 0 Å². The molecule has 0 N–H and O–H groups in total. The number of Topliss-reactive ketones (excluding diaryl/α,β-unsaturated/α-hetero) is 1. The molecule has 1 fully saturated rings. The summed E-state index contributed by atoms with van der Waals surface area (Å²) >= 11 is 0. The molecular formula is C23H35NO2. The molecule has 3 nitrogen and oxygen atoms in total. The molecule has 2 aliphatic rings. The first-order valence-corrected chi connectivity index (χ1v) is 10.8. The highest BCUT2D eigenvalue weighted by Gasteiger charge is 2.27. The smallest absolute Gasteiger partial charge is 0.167 e. The third-order valence-corrected chi connectivity index (χ3v) is 6.05. The number of carbonyl (C=O) groups is 1. The molecule has 3 heteroatoms. The first-order chi connectivity index (χ1) is 12.7. The molecule has 0 saturated carbocycles. The minimum absolute atomic E-state index is 0.131. The molecule has 144 valence electrons. The molecule has 1 heterocycles. The quantitative estimate of drug-likeness (QED) is 0.457. The molecule has 1 atom stereocenters. The second kappa shape index (κ2) is 9.55. The molecule has 1 aromatic rings. The number of fused-ring (bicyclic) bond motifs is 1. The average molecular weight is 358 g/mol. The molecule has 1 saturated heterocycles. The van der Waals surface area contributed by atoms with Gasteiger partial charge in [-0.25, -0.2) is 0 Å². The molecule has 1 aliphatic heterocycles. The molecule has 1 aliphatic carbocycles. The van der Waals surface area contributed by atoms with E-state index >= 15 is 0 Å². The highest BCUT2D eigenvalue weighted by Crippen LogP contribution is 2.34. The average Bonchev–Trinajstić information content (AvgIpc) is 3.19. The van der Waals surface area contributed by atoms with E-state index in [9.17, 15) is 4.79 Å². The summed E-state index contributed by atoms with van der Waals surface area (Å²) in [6, 6.07) is 4.12. The molecule has 0 bridgehead atoms. The van der Waals surface area contributed by atoms with Gasteiger partial charge in [0.05, 0.1) is 6.61 Å². The van der Waals surface area contributed by atoms with Gasteiger partial charge in [-0.3, -0.25) is 4.79 Å². The molecule has 0 spiro atoms. The lowest BCUT2D eigenvalue weighted by molar-refractivity contribution is 0.0884. The topological polar surface area (TPSA) is 29.5 Å². The number of benzene rings is 1. The first-order valence-electron chi connectivity index (χ1n) is 10.8. The van der Waals surface area contributed by atoms with Gasteiger partial charge in [-0.2, -0.15) is 0 Å². The van der Waals surface area contributed by atoms with Gasteiger partial charge in [0.25, 0.3) is 0 Å². The van der Waals surface area contributed by atoms with Gasteiger partial charge in [0.1, 0.15) is 5.75 Å². The Bertz CT molecular complexity index is 604. The normalized spacial score (nSPS) is 18.5. The van der Waals surface area contributed by atoms with E-state index in [2.05, 4.69) is 30.9 Å². The number of hydrogen-bond acceptors (Lipinski definition) is 3. The molecular weight excluding hydrogens is 322 g/mol. The summed E-state index contributed by atoms with van der Waals surface area (Å²) in [5.41, 5.74) is 3.58. The fourth-order valence-electron chi connectivity index (χ4n) is 4.42. The number of unbranched alkanes of at least 4 members (excludes halogenated alkanes) is 1. The summed E-state index contributed by atoms with van der Waals surface area (Å²) in [5.74, 6) is 1.51. The van der Waals surface area contributed by atoms with E-state index in [0.29, 0.717) is 5.78 Å². The van der Waals surface area contributed by atoms with E-state index in [1.807, 2.05) is 0 Å². The zero-order chi connectivity index (χ0) is 18.4. The van der Waals surface area contributed by atoms with Crippen molar-refractivity contribution in [1.82, 2.24) is 4.90 Å². The highest BCUT2D eigenvalue weighted by molar-refractivity contribution is 6.00. The van der Waals surface area contributed by atoms with Crippen molar-refractivity contribution in [3.63, 3.8) is 0 Å². The van der Waals surface area contributed by atoms with Crippen molar-refractivity contribution in [3.8, 4) is 5.75 Å². The Morgan fingerprint density at radius 1 is 1.08 bits per heavy atom. The van der Waals surface area contributed by atoms with Gasteiger partial charge in [0, 0.05) is 18.0 Å². The lowest BCUT2D eigenvalue weighted by Crippen LogP contribution is -2.31. The molecule has 26 heavy (non-hydrogen) atoms. The Hall–Kier alpha value is -1.35. The molecule has 0 amide bonds. The molecule has 1 unspecified atom stereocenters. The lowest BCUT2D eigenvalue weighted by Gasteiger charge is -2.26. The lowest BCUT2D eigenvalue weighted by atomic mass is 9.83. The van der Waals surface area contributed by atoms with E-state index in [1.54, 1.807) is 0 Å². The van der Waals surface area contributed by atoms with Gasteiger partial charge in [0.15, 0.2) is 5.78 Å². The summed E-state index contributed by atoms with van der Waals surface area (Å²) in [5, 5.41) is 0. The van der Waals surface area contributed by atoms with Crippen molar-refractivity contribution in [2.24, 2.45) is 5.92 Å².